The standard InChI is InChI=1S/C10H7BrN4O/c11-5-3-12-10-8(5)9-6(4-13-10)14-7(15-9)1-2-16/h2-4H,1H2,(H,12,13)(H,14,15). The Labute approximate surface area is 98.4 Å². The normalized spacial score (nSPS) is 11.3. The summed E-state index contributed by atoms with van der Waals surface area (Å²) in [5, 5.41) is 0.936. The summed E-state index contributed by atoms with van der Waals surface area (Å²) in [5.41, 5.74) is 2.45. The van der Waals surface area contributed by atoms with Crippen molar-refractivity contribution in [3.05, 3.63) is 22.7 Å². The molecule has 0 aliphatic carbocycles. The lowest BCUT2D eigenvalue weighted by atomic mass is 10.3. The highest BCUT2D eigenvalue weighted by Gasteiger charge is 2.11. The van der Waals surface area contributed by atoms with Gasteiger partial charge >= 0.3 is 0 Å². The third kappa shape index (κ3) is 1.26. The van der Waals surface area contributed by atoms with E-state index < -0.39 is 0 Å². The monoisotopic (exact) mass is 278 g/mol. The van der Waals surface area contributed by atoms with Crippen LogP contribution in [0.25, 0.3) is 22.1 Å². The molecule has 0 atom stereocenters. The van der Waals surface area contributed by atoms with E-state index in [4.69, 9.17) is 0 Å². The van der Waals surface area contributed by atoms with Gasteiger partial charge in [0.25, 0.3) is 0 Å². The molecular formula is C10H7BrN4O. The van der Waals surface area contributed by atoms with Gasteiger partial charge in [-0.1, -0.05) is 0 Å². The Hall–Kier alpha value is -1.69. The van der Waals surface area contributed by atoms with E-state index in [0.29, 0.717) is 5.82 Å². The molecule has 0 amide bonds. The molecule has 16 heavy (non-hydrogen) atoms. The number of fused-ring (bicyclic) bond motifs is 3. The van der Waals surface area contributed by atoms with Crippen LogP contribution in [0.5, 0.6) is 0 Å². The number of hydrogen-bond donors (Lipinski definition) is 2. The number of imidazole rings is 1. The van der Waals surface area contributed by atoms with Crippen LogP contribution in [0.3, 0.4) is 0 Å². The fraction of sp³-hybridized carbons (Fsp3) is 0.100. The Kier molecular flexibility index (Phi) is 2.03. The van der Waals surface area contributed by atoms with Crippen molar-refractivity contribution in [1.29, 1.82) is 0 Å². The number of pyridine rings is 1. The molecule has 3 rings (SSSR count). The summed E-state index contributed by atoms with van der Waals surface area (Å²) >= 11 is 3.44. The summed E-state index contributed by atoms with van der Waals surface area (Å²) in [6.07, 6.45) is 4.65. The molecule has 2 N–H and O–H groups in total. The molecule has 0 radical (unpaired) electrons. The molecule has 0 fully saturated rings. The first-order valence-corrected chi connectivity index (χ1v) is 5.52. The van der Waals surface area contributed by atoms with Gasteiger partial charge in [-0.05, 0) is 15.9 Å². The molecule has 0 saturated heterocycles. The van der Waals surface area contributed by atoms with Gasteiger partial charge in [0.15, 0.2) is 0 Å². The van der Waals surface area contributed by atoms with Crippen molar-refractivity contribution >= 4 is 44.3 Å². The van der Waals surface area contributed by atoms with Gasteiger partial charge in [0.1, 0.15) is 23.3 Å². The third-order valence-corrected chi connectivity index (χ3v) is 3.05. The smallest absolute Gasteiger partial charge is 0.140 e. The molecule has 3 heterocycles. The third-order valence-electron chi connectivity index (χ3n) is 2.43. The minimum atomic E-state index is 0.290. The van der Waals surface area contributed by atoms with Crippen molar-refractivity contribution in [1.82, 2.24) is 19.9 Å². The quantitative estimate of drug-likeness (QED) is 0.704. The van der Waals surface area contributed by atoms with Crippen molar-refractivity contribution in [3.63, 3.8) is 0 Å². The second kappa shape index (κ2) is 3.41. The minimum absolute atomic E-state index is 0.290. The molecule has 0 saturated carbocycles. The molecule has 6 heteroatoms. The lowest BCUT2D eigenvalue weighted by Crippen LogP contribution is -1.86. The van der Waals surface area contributed by atoms with Gasteiger partial charge < -0.3 is 14.8 Å². The van der Waals surface area contributed by atoms with E-state index in [1.165, 1.54) is 0 Å². The van der Waals surface area contributed by atoms with Crippen LogP contribution >= 0.6 is 15.9 Å². The Morgan fingerprint density at radius 3 is 3.19 bits per heavy atom. The lowest BCUT2D eigenvalue weighted by Gasteiger charge is -1.90. The van der Waals surface area contributed by atoms with Crippen LogP contribution in [0.1, 0.15) is 5.82 Å². The zero-order chi connectivity index (χ0) is 11.1. The largest absolute Gasteiger partial charge is 0.345 e. The highest BCUT2D eigenvalue weighted by molar-refractivity contribution is 9.10. The highest BCUT2D eigenvalue weighted by Crippen LogP contribution is 2.28. The number of aromatic amines is 2. The Morgan fingerprint density at radius 2 is 2.38 bits per heavy atom. The number of rotatable bonds is 2. The fourth-order valence-electron chi connectivity index (χ4n) is 1.74. The van der Waals surface area contributed by atoms with Crippen LogP contribution < -0.4 is 0 Å². The molecule has 0 bridgehead atoms. The van der Waals surface area contributed by atoms with Gasteiger partial charge in [-0.3, -0.25) is 0 Å². The number of nitrogens with one attached hydrogen (secondary N) is 2. The van der Waals surface area contributed by atoms with Gasteiger partial charge in [0.05, 0.1) is 23.5 Å². The molecule has 0 unspecified atom stereocenters. The minimum Gasteiger partial charge on any atom is -0.345 e. The number of carbonyl (C=O) groups excluding carboxylic acids is 1. The average molecular weight is 279 g/mol. The van der Waals surface area contributed by atoms with Crippen LogP contribution in [0.2, 0.25) is 0 Å². The van der Waals surface area contributed by atoms with E-state index in [2.05, 4.69) is 35.9 Å². The number of carbonyl (C=O) groups is 1. The van der Waals surface area contributed by atoms with Crippen molar-refractivity contribution in [2.24, 2.45) is 0 Å². The number of aromatic nitrogens is 4. The van der Waals surface area contributed by atoms with Crippen LogP contribution in [-0.2, 0) is 11.2 Å². The molecule has 3 aromatic heterocycles. The summed E-state index contributed by atoms with van der Waals surface area (Å²) in [7, 11) is 0. The van der Waals surface area contributed by atoms with Crippen molar-refractivity contribution < 1.29 is 4.79 Å². The first-order valence-electron chi connectivity index (χ1n) is 4.73. The van der Waals surface area contributed by atoms with Gasteiger partial charge in [-0.15, -0.1) is 0 Å². The van der Waals surface area contributed by atoms with E-state index in [-0.39, 0.29) is 6.42 Å². The van der Waals surface area contributed by atoms with E-state index in [1.54, 1.807) is 6.20 Å². The SMILES string of the molecule is O=CCc1nc2c(cnc3[nH]cc(Br)c32)[nH]1. The molecular weight excluding hydrogens is 272 g/mol. The van der Waals surface area contributed by atoms with Gasteiger partial charge in [0, 0.05) is 10.7 Å². The number of hydrogen-bond acceptors (Lipinski definition) is 3. The van der Waals surface area contributed by atoms with Crippen LogP contribution in [0.15, 0.2) is 16.9 Å². The molecule has 5 nitrogen and oxygen atoms in total. The van der Waals surface area contributed by atoms with Crippen LogP contribution in [0, 0.1) is 0 Å². The van der Waals surface area contributed by atoms with Gasteiger partial charge in [0.2, 0.25) is 0 Å². The second-order valence-corrected chi connectivity index (χ2v) is 4.29. The molecule has 3 aromatic rings. The molecule has 0 aliphatic rings. The van der Waals surface area contributed by atoms with E-state index >= 15 is 0 Å². The van der Waals surface area contributed by atoms with Crippen LogP contribution in [-0.4, -0.2) is 26.2 Å². The Morgan fingerprint density at radius 1 is 1.50 bits per heavy atom. The summed E-state index contributed by atoms with van der Waals surface area (Å²) in [6, 6.07) is 0. The number of halogens is 1. The fourth-order valence-corrected chi connectivity index (χ4v) is 2.23. The first kappa shape index (κ1) is 9.53. The van der Waals surface area contributed by atoms with E-state index in [0.717, 1.165) is 32.8 Å². The van der Waals surface area contributed by atoms with Gasteiger partial charge in [-0.2, -0.15) is 0 Å². The number of nitrogens with zero attached hydrogens (tertiary/aromatic N) is 2. The molecule has 80 valence electrons. The van der Waals surface area contributed by atoms with E-state index in [1.807, 2.05) is 6.20 Å². The summed E-state index contributed by atoms with van der Waals surface area (Å²) in [4.78, 5) is 25.2. The van der Waals surface area contributed by atoms with E-state index in [9.17, 15) is 4.79 Å². The summed E-state index contributed by atoms with van der Waals surface area (Å²) in [6.45, 7) is 0. The Bertz CT molecular complexity index is 685. The molecule has 0 aromatic carbocycles. The maximum atomic E-state index is 10.4. The summed E-state index contributed by atoms with van der Waals surface area (Å²) in [5.74, 6) is 0.660. The predicted octanol–water partition coefficient (Wildman–Crippen LogP) is 1.94. The predicted molar refractivity (Wildman–Crippen MR) is 63.2 cm³/mol. The number of aldehydes is 1. The second-order valence-electron chi connectivity index (χ2n) is 3.43. The van der Waals surface area contributed by atoms with Crippen LogP contribution in [0.4, 0.5) is 0 Å². The number of H-pyrrole nitrogens is 2. The zero-order valence-electron chi connectivity index (χ0n) is 8.12. The maximum Gasteiger partial charge on any atom is 0.140 e. The Balaban J connectivity index is 2.39. The first-order chi connectivity index (χ1) is 7.79. The topological polar surface area (TPSA) is 74.4 Å². The molecule has 0 spiro atoms. The molecule has 0 aliphatic heterocycles. The average Bonchev–Trinajstić information content (AvgIpc) is 2.82. The maximum absolute atomic E-state index is 10.4. The zero-order valence-corrected chi connectivity index (χ0v) is 9.71. The lowest BCUT2D eigenvalue weighted by molar-refractivity contribution is -0.107. The summed E-state index contributed by atoms with van der Waals surface area (Å²) < 4.78 is 0.921. The van der Waals surface area contributed by atoms with Crippen molar-refractivity contribution in [3.8, 4) is 0 Å². The van der Waals surface area contributed by atoms with Crippen molar-refractivity contribution in [2.45, 2.75) is 6.42 Å². The highest BCUT2D eigenvalue weighted by atomic mass is 79.9. The van der Waals surface area contributed by atoms with Gasteiger partial charge in [-0.25, -0.2) is 9.97 Å². The van der Waals surface area contributed by atoms with Crippen molar-refractivity contribution in [2.75, 3.05) is 0 Å².